The minimum absolute atomic E-state index is 0.201. The number of hydrogen-bond acceptors (Lipinski definition) is 3. The summed E-state index contributed by atoms with van der Waals surface area (Å²) in [5, 5.41) is 9.89. The van der Waals surface area contributed by atoms with E-state index in [1.165, 1.54) is 0 Å². The van der Waals surface area contributed by atoms with Crippen LogP contribution in [0.5, 0.6) is 11.5 Å². The summed E-state index contributed by atoms with van der Waals surface area (Å²) in [6, 6.07) is 12.3. The van der Waals surface area contributed by atoms with Crippen LogP contribution in [0.1, 0.15) is 11.1 Å². The lowest BCUT2D eigenvalue weighted by atomic mass is 10.0. The van der Waals surface area contributed by atoms with Crippen LogP contribution in [0.4, 0.5) is 0 Å². The zero-order valence-electron chi connectivity index (χ0n) is 12.4. The third-order valence-electron chi connectivity index (χ3n) is 3.19. The molecule has 0 amide bonds. The summed E-state index contributed by atoms with van der Waals surface area (Å²) < 4.78 is 10.8. The van der Waals surface area contributed by atoms with E-state index < -0.39 is 12.1 Å². The summed E-state index contributed by atoms with van der Waals surface area (Å²) in [6.45, 7) is 1.94. The van der Waals surface area contributed by atoms with Crippen LogP contribution in [-0.4, -0.2) is 24.3 Å². The summed E-state index contributed by atoms with van der Waals surface area (Å²) in [6.07, 6.45) is -0.818. The third-order valence-corrected chi connectivity index (χ3v) is 3.43. The van der Waals surface area contributed by atoms with Gasteiger partial charge in [0.15, 0.2) is 6.10 Å². The van der Waals surface area contributed by atoms with Crippen molar-refractivity contribution < 1.29 is 19.4 Å². The van der Waals surface area contributed by atoms with Crippen LogP contribution < -0.4 is 9.47 Å². The number of methoxy groups -OCH3 is 1. The predicted octanol–water partition coefficient (Wildman–Crippen LogP) is 3.73. The molecular weight excluding hydrogens is 304 g/mol. The summed E-state index contributed by atoms with van der Waals surface area (Å²) in [4.78, 5) is 11.5. The lowest BCUT2D eigenvalue weighted by Gasteiger charge is -2.17. The molecule has 0 aliphatic rings. The maximum Gasteiger partial charge on any atom is 0.345 e. The highest BCUT2D eigenvalue weighted by atomic mass is 35.5. The van der Waals surface area contributed by atoms with E-state index in [1.54, 1.807) is 31.4 Å². The van der Waals surface area contributed by atoms with E-state index >= 15 is 0 Å². The zero-order chi connectivity index (χ0) is 16.1. The maximum absolute atomic E-state index is 11.5. The average molecular weight is 321 g/mol. The lowest BCUT2D eigenvalue weighted by molar-refractivity contribution is -0.145. The molecule has 1 N–H and O–H groups in total. The van der Waals surface area contributed by atoms with Crippen LogP contribution in [0.2, 0.25) is 5.02 Å². The molecule has 2 rings (SSSR count). The Morgan fingerprint density at radius 3 is 2.68 bits per heavy atom. The summed E-state index contributed by atoms with van der Waals surface area (Å²) in [5.74, 6) is 0.0293. The van der Waals surface area contributed by atoms with E-state index in [2.05, 4.69) is 0 Å². The predicted molar refractivity (Wildman–Crippen MR) is 84.9 cm³/mol. The zero-order valence-corrected chi connectivity index (χ0v) is 13.1. The van der Waals surface area contributed by atoms with Crippen LogP contribution >= 0.6 is 11.6 Å². The van der Waals surface area contributed by atoms with Gasteiger partial charge in [-0.3, -0.25) is 0 Å². The topological polar surface area (TPSA) is 55.8 Å². The molecule has 0 bridgehead atoms. The molecule has 0 fully saturated rings. The van der Waals surface area contributed by atoms with Gasteiger partial charge in [-0.2, -0.15) is 0 Å². The number of hydrogen-bond donors (Lipinski definition) is 1. The minimum atomic E-state index is -1.04. The van der Waals surface area contributed by atoms with Crippen molar-refractivity contribution in [3.05, 3.63) is 58.6 Å². The first-order chi connectivity index (χ1) is 10.5. The van der Waals surface area contributed by atoms with E-state index in [4.69, 9.17) is 21.1 Å². The van der Waals surface area contributed by atoms with E-state index in [0.29, 0.717) is 16.5 Å². The van der Waals surface area contributed by atoms with Crippen molar-refractivity contribution in [3.8, 4) is 11.5 Å². The molecule has 0 saturated heterocycles. The van der Waals surface area contributed by atoms with Crippen molar-refractivity contribution in [2.45, 2.75) is 19.4 Å². The van der Waals surface area contributed by atoms with Crippen molar-refractivity contribution in [1.82, 2.24) is 0 Å². The van der Waals surface area contributed by atoms with Gasteiger partial charge >= 0.3 is 5.97 Å². The quantitative estimate of drug-likeness (QED) is 0.881. The van der Waals surface area contributed by atoms with Crippen molar-refractivity contribution >= 4 is 17.6 Å². The number of aliphatic carboxylic acids is 1. The Morgan fingerprint density at radius 1 is 1.27 bits per heavy atom. The van der Waals surface area contributed by atoms with Gasteiger partial charge in [0.1, 0.15) is 11.5 Å². The molecule has 116 valence electrons. The van der Waals surface area contributed by atoms with Crippen LogP contribution in [0, 0.1) is 6.92 Å². The van der Waals surface area contributed by atoms with Gasteiger partial charge in [-0.25, -0.2) is 4.79 Å². The number of aryl methyl sites for hydroxylation is 1. The Balaban J connectivity index is 2.22. The van der Waals surface area contributed by atoms with Crippen LogP contribution in [0.3, 0.4) is 0 Å². The standard InChI is InChI=1S/C17H17ClO4/c1-11-6-7-15(21-2)12(8-11)9-16(17(19)20)22-14-5-3-4-13(18)10-14/h3-8,10,16H,9H2,1-2H3,(H,19,20)/t16-/m0/s1. The highest BCUT2D eigenvalue weighted by molar-refractivity contribution is 6.30. The highest BCUT2D eigenvalue weighted by Crippen LogP contribution is 2.24. The lowest BCUT2D eigenvalue weighted by Crippen LogP contribution is -2.29. The smallest absolute Gasteiger partial charge is 0.345 e. The van der Waals surface area contributed by atoms with Gasteiger partial charge in [0, 0.05) is 11.4 Å². The molecule has 0 spiro atoms. The van der Waals surface area contributed by atoms with Crippen molar-refractivity contribution in [1.29, 1.82) is 0 Å². The molecule has 0 aliphatic heterocycles. The molecule has 0 unspecified atom stereocenters. The van der Waals surface area contributed by atoms with Crippen molar-refractivity contribution in [3.63, 3.8) is 0 Å². The second-order valence-electron chi connectivity index (χ2n) is 4.92. The van der Waals surface area contributed by atoms with Gasteiger partial charge < -0.3 is 14.6 Å². The van der Waals surface area contributed by atoms with E-state index in [1.807, 2.05) is 25.1 Å². The Morgan fingerprint density at radius 2 is 2.05 bits per heavy atom. The van der Waals surface area contributed by atoms with E-state index in [9.17, 15) is 9.90 Å². The Bertz CT molecular complexity index is 669. The van der Waals surface area contributed by atoms with Gasteiger partial charge in [-0.1, -0.05) is 35.4 Å². The number of carbonyl (C=O) groups is 1. The monoisotopic (exact) mass is 320 g/mol. The summed E-state index contributed by atoms with van der Waals surface area (Å²) in [7, 11) is 1.56. The molecule has 0 radical (unpaired) electrons. The fourth-order valence-corrected chi connectivity index (χ4v) is 2.33. The second kappa shape index (κ2) is 7.18. The molecule has 0 heterocycles. The van der Waals surface area contributed by atoms with Gasteiger partial charge in [-0.15, -0.1) is 0 Å². The van der Waals surface area contributed by atoms with Crippen LogP contribution in [0.25, 0.3) is 0 Å². The average Bonchev–Trinajstić information content (AvgIpc) is 2.47. The first-order valence-corrected chi connectivity index (χ1v) is 7.16. The van der Waals surface area contributed by atoms with Crippen LogP contribution in [0.15, 0.2) is 42.5 Å². The minimum Gasteiger partial charge on any atom is -0.496 e. The molecule has 2 aromatic carbocycles. The molecule has 4 nitrogen and oxygen atoms in total. The number of carboxylic acid groups (broad SMARTS) is 1. The van der Waals surface area contributed by atoms with Gasteiger partial charge in [0.25, 0.3) is 0 Å². The number of rotatable bonds is 6. The Labute approximate surface area is 134 Å². The number of ether oxygens (including phenoxy) is 2. The van der Waals surface area contributed by atoms with Crippen molar-refractivity contribution in [2.24, 2.45) is 0 Å². The number of halogens is 1. The molecule has 1 atom stereocenters. The Kier molecular flexibility index (Phi) is 5.28. The first-order valence-electron chi connectivity index (χ1n) is 6.78. The third kappa shape index (κ3) is 4.15. The fourth-order valence-electron chi connectivity index (χ4n) is 2.15. The molecule has 0 aliphatic carbocycles. The molecule has 0 saturated carbocycles. The molecular formula is C17H17ClO4. The van der Waals surface area contributed by atoms with Gasteiger partial charge in [0.05, 0.1) is 7.11 Å². The number of benzene rings is 2. The Hall–Kier alpha value is -2.20. The highest BCUT2D eigenvalue weighted by Gasteiger charge is 2.22. The largest absolute Gasteiger partial charge is 0.496 e. The normalized spacial score (nSPS) is 11.8. The SMILES string of the molecule is COc1ccc(C)cc1C[C@H](Oc1cccc(Cl)c1)C(=O)O. The molecule has 0 aromatic heterocycles. The summed E-state index contributed by atoms with van der Waals surface area (Å²) >= 11 is 5.89. The fraction of sp³-hybridized carbons (Fsp3) is 0.235. The molecule has 22 heavy (non-hydrogen) atoms. The maximum atomic E-state index is 11.5. The molecule has 2 aromatic rings. The first kappa shape index (κ1) is 16.2. The van der Waals surface area contributed by atoms with Gasteiger partial charge in [-0.05, 0) is 36.8 Å². The molecule has 5 heteroatoms. The summed E-state index contributed by atoms with van der Waals surface area (Å²) in [5.41, 5.74) is 1.82. The second-order valence-corrected chi connectivity index (χ2v) is 5.36. The van der Waals surface area contributed by atoms with Crippen LogP contribution in [-0.2, 0) is 11.2 Å². The van der Waals surface area contributed by atoms with E-state index in [0.717, 1.165) is 11.1 Å². The number of carboxylic acids is 1. The van der Waals surface area contributed by atoms with Crippen molar-refractivity contribution in [2.75, 3.05) is 7.11 Å². The van der Waals surface area contributed by atoms with Gasteiger partial charge in [0.2, 0.25) is 0 Å². The van der Waals surface area contributed by atoms with E-state index in [-0.39, 0.29) is 6.42 Å².